The molecule has 1 heteroatoms. The average Bonchev–Trinajstić information content (AvgIpc) is 2.96. The van der Waals surface area contributed by atoms with E-state index in [-0.39, 0.29) is 0 Å². The first-order chi connectivity index (χ1) is 7.31. The second-order valence-corrected chi connectivity index (χ2v) is 4.39. The first-order valence-corrected chi connectivity index (χ1v) is 5.66. The molecule has 0 saturated heterocycles. The number of hydrogen-bond donors (Lipinski definition) is 1. The number of benzene rings is 1. The van der Waals surface area contributed by atoms with Crippen LogP contribution in [0.25, 0.3) is 6.08 Å². The second-order valence-electron chi connectivity index (χ2n) is 4.39. The summed E-state index contributed by atoms with van der Waals surface area (Å²) in [4.78, 5) is 0. The lowest BCUT2D eigenvalue weighted by Gasteiger charge is -1.98. The lowest BCUT2D eigenvalue weighted by atomic mass is 10.1. The van der Waals surface area contributed by atoms with Crippen molar-refractivity contribution < 1.29 is 5.11 Å². The van der Waals surface area contributed by atoms with Crippen molar-refractivity contribution >= 4 is 6.08 Å². The number of hydrogen-bond acceptors (Lipinski definition) is 1. The van der Waals surface area contributed by atoms with Crippen LogP contribution >= 0.6 is 0 Å². The Morgan fingerprint density at radius 2 is 2.20 bits per heavy atom. The van der Waals surface area contributed by atoms with Crippen LogP contribution in [0.4, 0.5) is 0 Å². The van der Waals surface area contributed by atoms with E-state index >= 15 is 0 Å². The molecule has 1 fully saturated rings. The maximum absolute atomic E-state index is 8.80. The summed E-state index contributed by atoms with van der Waals surface area (Å²) in [5, 5.41) is 8.80. The summed E-state index contributed by atoms with van der Waals surface area (Å²) in [7, 11) is 0. The van der Waals surface area contributed by atoms with Crippen LogP contribution in [-0.4, -0.2) is 11.7 Å². The van der Waals surface area contributed by atoms with Gasteiger partial charge < -0.3 is 5.11 Å². The summed E-state index contributed by atoms with van der Waals surface area (Å²) in [6.45, 7) is 2.47. The number of rotatable bonds is 4. The minimum atomic E-state index is 0.333. The largest absolute Gasteiger partial charge is 0.396 e. The smallest absolute Gasteiger partial charge is 0.0433 e. The predicted molar refractivity (Wildman–Crippen MR) is 63.5 cm³/mol. The molecule has 1 aromatic carbocycles. The van der Waals surface area contributed by atoms with E-state index in [0.29, 0.717) is 12.5 Å². The normalized spacial score (nSPS) is 24.7. The molecule has 2 rings (SSSR count). The predicted octanol–water partition coefficient (Wildman–Crippen LogP) is 3.03. The molecule has 0 spiro atoms. The van der Waals surface area contributed by atoms with Crippen molar-refractivity contribution in [1.29, 1.82) is 0 Å². The SMILES string of the molecule is Cc1ccccc1/C=C/[C@@H]1C[C@H]1CCO. The van der Waals surface area contributed by atoms with Crippen molar-refractivity contribution in [3.05, 3.63) is 41.5 Å². The van der Waals surface area contributed by atoms with Gasteiger partial charge in [-0.3, -0.25) is 0 Å². The molecular formula is C14H18O. The molecule has 1 aliphatic rings. The highest BCUT2D eigenvalue weighted by molar-refractivity contribution is 5.53. The Balaban J connectivity index is 1.93. The molecule has 0 unspecified atom stereocenters. The Labute approximate surface area is 91.4 Å². The fourth-order valence-electron chi connectivity index (χ4n) is 2.01. The summed E-state index contributed by atoms with van der Waals surface area (Å²) in [5.74, 6) is 1.44. The highest BCUT2D eigenvalue weighted by Crippen LogP contribution is 2.42. The third-order valence-corrected chi connectivity index (χ3v) is 3.19. The van der Waals surface area contributed by atoms with Crippen LogP contribution < -0.4 is 0 Å². The molecule has 80 valence electrons. The van der Waals surface area contributed by atoms with Gasteiger partial charge in [-0.1, -0.05) is 36.4 Å². The fourth-order valence-corrected chi connectivity index (χ4v) is 2.01. The molecule has 0 bridgehead atoms. The quantitative estimate of drug-likeness (QED) is 0.795. The topological polar surface area (TPSA) is 20.2 Å². The molecule has 0 heterocycles. The van der Waals surface area contributed by atoms with Crippen LogP contribution in [0.5, 0.6) is 0 Å². The molecule has 1 aliphatic carbocycles. The number of allylic oxidation sites excluding steroid dienone is 1. The standard InChI is InChI=1S/C14H18O/c1-11-4-2-3-5-12(11)6-7-13-10-14(13)8-9-15/h2-7,13-15H,8-10H2,1H3/b7-6+/t13-,14-/m1/s1. The number of aliphatic hydroxyl groups excluding tert-OH is 1. The van der Waals surface area contributed by atoms with Crippen molar-refractivity contribution in [2.75, 3.05) is 6.61 Å². The van der Waals surface area contributed by atoms with Gasteiger partial charge in [-0.15, -0.1) is 0 Å². The maximum Gasteiger partial charge on any atom is 0.0433 e. The summed E-state index contributed by atoms with van der Waals surface area (Å²) in [5.41, 5.74) is 2.64. The van der Waals surface area contributed by atoms with E-state index in [4.69, 9.17) is 5.11 Å². The van der Waals surface area contributed by atoms with Crippen molar-refractivity contribution in [2.24, 2.45) is 11.8 Å². The van der Waals surface area contributed by atoms with Gasteiger partial charge in [-0.2, -0.15) is 0 Å². The van der Waals surface area contributed by atoms with Crippen molar-refractivity contribution in [3.63, 3.8) is 0 Å². The van der Waals surface area contributed by atoms with E-state index in [0.717, 1.165) is 12.3 Å². The Kier molecular flexibility index (Phi) is 3.22. The summed E-state index contributed by atoms with van der Waals surface area (Å²) < 4.78 is 0. The van der Waals surface area contributed by atoms with Crippen molar-refractivity contribution in [3.8, 4) is 0 Å². The molecule has 15 heavy (non-hydrogen) atoms. The Morgan fingerprint density at radius 3 is 2.93 bits per heavy atom. The highest BCUT2D eigenvalue weighted by atomic mass is 16.3. The highest BCUT2D eigenvalue weighted by Gasteiger charge is 2.33. The van der Waals surface area contributed by atoms with Gasteiger partial charge in [0, 0.05) is 6.61 Å². The van der Waals surface area contributed by atoms with Crippen LogP contribution in [0.1, 0.15) is 24.0 Å². The van der Waals surface area contributed by atoms with Gasteiger partial charge in [-0.05, 0) is 42.7 Å². The van der Waals surface area contributed by atoms with Gasteiger partial charge in [-0.25, -0.2) is 0 Å². The zero-order valence-electron chi connectivity index (χ0n) is 9.19. The third-order valence-electron chi connectivity index (χ3n) is 3.19. The van der Waals surface area contributed by atoms with Crippen molar-refractivity contribution in [1.82, 2.24) is 0 Å². The van der Waals surface area contributed by atoms with Crippen LogP contribution in [0.2, 0.25) is 0 Å². The maximum atomic E-state index is 8.80. The first kappa shape index (κ1) is 10.4. The molecule has 0 aliphatic heterocycles. The molecule has 1 aromatic rings. The van der Waals surface area contributed by atoms with Crippen LogP contribution in [0, 0.1) is 18.8 Å². The number of aryl methyl sites for hydroxylation is 1. The molecule has 2 atom stereocenters. The van der Waals surface area contributed by atoms with Gasteiger partial charge in [0.05, 0.1) is 0 Å². The van der Waals surface area contributed by atoms with E-state index in [1.807, 2.05) is 0 Å². The molecule has 1 nitrogen and oxygen atoms in total. The Hall–Kier alpha value is -1.08. The number of aliphatic hydroxyl groups is 1. The second kappa shape index (κ2) is 4.63. The van der Waals surface area contributed by atoms with Crippen LogP contribution in [0.3, 0.4) is 0 Å². The lowest BCUT2D eigenvalue weighted by Crippen LogP contribution is -1.85. The van der Waals surface area contributed by atoms with Gasteiger partial charge in [0.2, 0.25) is 0 Å². The Bertz CT molecular complexity index is 354. The molecule has 0 radical (unpaired) electrons. The van der Waals surface area contributed by atoms with E-state index < -0.39 is 0 Å². The van der Waals surface area contributed by atoms with Gasteiger partial charge in [0.1, 0.15) is 0 Å². The van der Waals surface area contributed by atoms with Gasteiger partial charge in [0.25, 0.3) is 0 Å². The molecule has 0 aromatic heterocycles. The van der Waals surface area contributed by atoms with Gasteiger partial charge >= 0.3 is 0 Å². The van der Waals surface area contributed by atoms with E-state index in [9.17, 15) is 0 Å². The zero-order chi connectivity index (χ0) is 10.7. The molecule has 0 amide bonds. The fraction of sp³-hybridized carbons (Fsp3) is 0.429. The lowest BCUT2D eigenvalue weighted by molar-refractivity contribution is 0.278. The van der Waals surface area contributed by atoms with E-state index in [1.165, 1.54) is 17.5 Å². The minimum Gasteiger partial charge on any atom is -0.396 e. The summed E-state index contributed by atoms with van der Waals surface area (Å²) >= 11 is 0. The summed E-state index contributed by atoms with van der Waals surface area (Å²) in [6, 6.07) is 8.43. The molecular weight excluding hydrogens is 184 g/mol. The summed E-state index contributed by atoms with van der Waals surface area (Å²) in [6.07, 6.45) is 6.73. The molecule has 1 N–H and O–H groups in total. The monoisotopic (exact) mass is 202 g/mol. The van der Waals surface area contributed by atoms with E-state index in [1.54, 1.807) is 0 Å². The first-order valence-electron chi connectivity index (χ1n) is 5.66. The average molecular weight is 202 g/mol. The van der Waals surface area contributed by atoms with E-state index in [2.05, 4.69) is 43.3 Å². The van der Waals surface area contributed by atoms with Crippen LogP contribution in [0.15, 0.2) is 30.3 Å². The molecule has 1 saturated carbocycles. The minimum absolute atomic E-state index is 0.333. The third kappa shape index (κ3) is 2.69. The van der Waals surface area contributed by atoms with Crippen LogP contribution in [-0.2, 0) is 0 Å². The Morgan fingerprint density at radius 1 is 1.40 bits per heavy atom. The van der Waals surface area contributed by atoms with Crippen molar-refractivity contribution in [2.45, 2.75) is 19.8 Å². The van der Waals surface area contributed by atoms with Gasteiger partial charge in [0.15, 0.2) is 0 Å². The zero-order valence-corrected chi connectivity index (χ0v) is 9.19.